The maximum Gasteiger partial charge on any atom is 0.125 e. The molecule has 0 unspecified atom stereocenters. The monoisotopic (exact) mass is 206 g/mol. The van der Waals surface area contributed by atoms with E-state index in [1.165, 1.54) is 10.1 Å². The molecule has 0 fully saturated rings. The minimum absolute atomic E-state index is 0.502. The molecule has 0 aliphatic rings. The molecule has 0 bridgehead atoms. The van der Waals surface area contributed by atoms with Gasteiger partial charge in [-0.05, 0) is 29.7 Å². The van der Waals surface area contributed by atoms with Gasteiger partial charge in [-0.3, -0.25) is 0 Å². The van der Waals surface area contributed by atoms with E-state index in [9.17, 15) is 4.79 Å². The van der Waals surface area contributed by atoms with Gasteiger partial charge in [0.25, 0.3) is 0 Å². The van der Waals surface area contributed by atoms with E-state index in [4.69, 9.17) is 4.74 Å². The first-order chi connectivity index (χ1) is 6.83. The molecule has 1 aromatic heterocycles. The highest BCUT2D eigenvalue weighted by atomic mass is 32.1. The van der Waals surface area contributed by atoms with E-state index >= 15 is 0 Å². The Bertz CT molecular complexity index is 459. The van der Waals surface area contributed by atoms with Crippen LogP contribution >= 0.6 is 11.3 Å². The van der Waals surface area contributed by atoms with Crippen molar-refractivity contribution in [3.8, 4) is 5.75 Å². The van der Waals surface area contributed by atoms with Crippen LogP contribution in [0.4, 0.5) is 0 Å². The summed E-state index contributed by atoms with van der Waals surface area (Å²) in [6, 6.07) is 7.99. The van der Waals surface area contributed by atoms with Crippen LogP contribution in [0.3, 0.4) is 0 Å². The third kappa shape index (κ3) is 1.63. The van der Waals surface area contributed by atoms with Gasteiger partial charge in [0.1, 0.15) is 12.0 Å². The SMILES string of the molecule is COc1ccc2cc(CC=O)sc2c1. The second kappa shape index (κ2) is 3.80. The topological polar surface area (TPSA) is 26.3 Å². The number of thiophene rings is 1. The average molecular weight is 206 g/mol. The van der Waals surface area contributed by atoms with Crippen molar-refractivity contribution in [1.29, 1.82) is 0 Å². The molecule has 0 N–H and O–H groups in total. The van der Waals surface area contributed by atoms with Gasteiger partial charge < -0.3 is 9.53 Å². The van der Waals surface area contributed by atoms with Gasteiger partial charge in [0.2, 0.25) is 0 Å². The maximum absolute atomic E-state index is 10.4. The van der Waals surface area contributed by atoms with Gasteiger partial charge in [-0.1, -0.05) is 0 Å². The first-order valence-corrected chi connectivity index (χ1v) is 5.15. The van der Waals surface area contributed by atoms with Crippen LogP contribution in [0.15, 0.2) is 24.3 Å². The van der Waals surface area contributed by atoms with Gasteiger partial charge in [-0.25, -0.2) is 0 Å². The molecule has 14 heavy (non-hydrogen) atoms. The zero-order valence-electron chi connectivity index (χ0n) is 7.82. The summed E-state index contributed by atoms with van der Waals surface area (Å²) in [5.74, 6) is 0.858. The Balaban J connectivity index is 2.48. The molecule has 0 saturated heterocycles. The van der Waals surface area contributed by atoms with Gasteiger partial charge in [-0.15, -0.1) is 11.3 Å². The van der Waals surface area contributed by atoms with Gasteiger partial charge in [-0.2, -0.15) is 0 Å². The molecule has 0 aliphatic heterocycles. The number of methoxy groups -OCH3 is 1. The standard InChI is InChI=1S/C11H10O2S/c1-13-9-3-2-8-6-10(4-5-12)14-11(8)7-9/h2-3,5-7H,4H2,1H3. The Kier molecular flexibility index (Phi) is 2.50. The van der Waals surface area contributed by atoms with E-state index < -0.39 is 0 Å². The summed E-state index contributed by atoms with van der Waals surface area (Å²) in [6.07, 6.45) is 1.43. The van der Waals surface area contributed by atoms with Crippen LogP contribution in [0, 0.1) is 0 Å². The Hall–Kier alpha value is -1.35. The van der Waals surface area contributed by atoms with Crippen molar-refractivity contribution in [1.82, 2.24) is 0 Å². The fraction of sp³-hybridized carbons (Fsp3) is 0.182. The van der Waals surface area contributed by atoms with Gasteiger partial charge in [0.15, 0.2) is 0 Å². The van der Waals surface area contributed by atoms with Crippen LogP contribution in [0.25, 0.3) is 10.1 Å². The molecule has 2 nitrogen and oxygen atoms in total. The summed E-state index contributed by atoms with van der Waals surface area (Å²) >= 11 is 1.64. The fourth-order valence-electron chi connectivity index (χ4n) is 1.38. The van der Waals surface area contributed by atoms with E-state index in [2.05, 4.69) is 0 Å². The number of fused-ring (bicyclic) bond motifs is 1. The van der Waals surface area contributed by atoms with Crippen LogP contribution in [-0.2, 0) is 11.2 Å². The molecule has 72 valence electrons. The fourth-order valence-corrected chi connectivity index (χ4v) is 2.42. The van der Waals surface area contributed by atoms with E-state index in [0.29, 0.717) is 6.42 Å². The Morgan fingerprint density at radius 2 is 2.29 bits per heavy atom. The maximum atomic E-state index is 10.4. The number of hydrogen-bond donors (Lipinski definition) is 0. The van der Waals surface area contributed by atoms with Gasteiger partial charge in [0.05, 0.1) is 7.11 Å². The van der Waals surface area contributed by atoms with Crippen molar-refractivity contribution in [2.75, 3.05) is 7.11 Å². The predicted molar refractivity (Wildman–Crippen MR) is 58.1 cm³/mol. The van der Waals surface area contributed by atoms with Gasteiger partial charge in [0, 0.05) is 16.0 Å². The Labute approximate surface area is 86.1 Å². The van der Waals surface area contributed by atoms with Crippen LogP contribution in [0.5, 0.6) is 5.75 Å². The van der Waals surface area contributed by atoms with E-state index in [0.717, 1.165) is 16.9 Å². The van der Waals surface area contributed by atoms with Crippen molar-refractivity contribution in [2.45, 2.75) is 6.42 Å². The number of carbonyl (C=O) groups is 1. The molecule has 1 heterocycles. The largest absolute Gasteiger partial charge is 0.497 e. The molecule has 0 aliphatic carbocycles. The lowest BCUT2D eigenvalue weighted by atomic mass is 10.2. The first kappa shape index (κ1) is 9.21. The van der Waals surface area contributed by atoms with E-state index in [1.54, 1.807) is 18.4 Å². The first-order valence-electron chi connectivity index (χ1n) is 4.33. The number of carbonyl (C=O) groups excluding carboxylic acids is 1. The third-order valence-electron chi connectivity index (χ3n) is 2.06. The van der Waals surface area contributed by atoms with Crippen LogP contribution in [0.1, 0.15) is 4.88 Å². The number of hydrogen-bond acceptors (Lipinski definition) is 3. The van der Waals surface area contributed by atoms with Crippen LogP contribution in [0.2, 0.25) is 0 Å². The predicted octanol–water partition coefficient (Wildman–Crippen LogP) is 2.65. The van der Waals surface area contributed by atoms with E-state index in [1.807, 2.05) is 24.3 Å². The summed E-state index contributed by atoms with van der Waals surface area (Å²) in [6.45, 7) is 0. The molecule has 2 rings (SSSR count). The molecule has 0 spiro atoms. The number of aldehydes is 1. The normalized spacial score (nSPS) is 10.4. The minimum atomic E-state index is 0.502. The zero-order chi connectivity index (χ0) is 9.97. The van der Waals surface area contributed by atoms with Gasteiger partial charge >= 0.3 is 0 Å². The lowest BCUT2D eigenvalue weighted by Crippen LogP contribution is -1.79. The molecular weight excluding hydrogens is 196 g/mol. The molecule has 0 atom stereocenters. The summed E-state index contributed by atoms with van der Waals surface area (Å²) in [5, 5.41) is 1.17. The molecule has 1 aromatic carbocycles. The quantitative estimate of drug-likeness (QED) is 0.722. The third-order valence-corrected chi connectivity index (χ3v) is 3.18. The molecule has 2 aromatic rings. The van der Waals surface area contributed by atoms with E-state index in [-0.39, 0.29) is 0 Å². The lowest BCUT2D eigenvalue weighted by molar-refractivity contribution is -0.107. The number of ether oxygens (including phenoxy) is 1. The Morgan fingerprint density at radius 1 is 1.43 bits per heavy atom. The number of benzene rings is 1. The van der Waals surface area contributed by atoms with Crippen molar-refractivity contribution in [3.05, 3.63) is 29.1 Å². The zero-order valence-corrected chi connectivity index (χ0v) is 8.64. The van der Waals surface area contributed by atoms with Crippen LogP contribution < -0.4 is 4.74 Å². The minimum Gasteiger partial charge on any atom is -0.497 e. The van der Waals surface area contributed by atoms with Crippen molar-refractivity contribution in [3.63, 3.8) is 0 Å². The van der Waals surface area contributed by atoms with Crippen LogP contribution in [-0.4, -0.2) is 13.4 Å². The molecule has 3 heteroatoms. The summed E-state index contributed by atoms with van der Waals surface area (Å²) < 4.78 is 6.30. The highest BCUT2D eigenvalue weighted by molar-refractivity contribution is 7.19. The summed E-state index contributed by atoms with van der Waals surface area (Å²) in [4.78, 5) is 11.5. The molecule has 0 saturated carbocycles. The van der Waals surface area contributed by atoms with Crippen molar-refractivity contribution >= 4 is 27.7 Å². The smallest absolute Gasteiger partial charge is 0.125 e. The lowest BCUT2D eigenvalue weighted by Gasteiger charge is -1.97. The highest BCUT2D eigenvalue weighted by Crippen LogP contribution is 2.28. The average Bonchev–Trinajstić information content (AvgIpc) is 2.59. The van der Waals surface area contributed by atoms with Crippen molar-refractivity contribution in [2.24, 2.45) is 0 Å². The highest BCUT2D eigenvalue weighted by Gasteiger charge is 2.02. The molecule has 0 radical (unpaired) electrons. The Morgan fingerprint density at radius 3 is 3.00 bits per heavy atom. The number of rotatable bonds is 3. The molecule has 0 amide bonds. The summed E-state index contributed by atoms with van der Waals surface area (Å²) in [5.41, 5.74) is 0. The molecular formula is C11H10O2S. The summed E-state index contributed by atoms with van der Waals surface area (Å²) in [7, 11) is 1.65. The second-order valence-corrected chi connectivity index (χ2v) is 4.16. The second-order valence-electron chi connectivity index (χ2n) is 2.99. The van der Waals surface area contributed by atoms with Crippen molar-refractivity contribution < 1.29 is 9.53 Å².